The predicted octanol–water partition coefficient (Wildman–Crippen LogP) is 2.11. The van der Waals surface area contributed by atoms with Crippen LogP contribution in [-0.2, 0) is 9.53 Å². The van der Waals surface area contributed by atoms with Crippen LogP contribution >= 0.6 is 0 Å². The second kappa shape index (κ2) is 4.60. The summed E-state index contributed by atoms with van der Waals surface area (Å²) < 4.78 is 4.87. The second-order valence-corrected chi connectivity index (χ2v) is 6.03. The minimum Gasteiger partial charge on any atom is -0.468 e. The Hall–Kier alpha value is -0.570. The predicted molar refractivity (Wildman–Crippen MR) is 65.5 cm³/mol. The summed E-state index contributed by atoms with van der Waals surface area (Å²) in [7, 11) is 1.50. The molecule has 0 spiro atoms. The zero-order valence-electron chi connectivity index (χ0n) is 10.7. The molecule has 5 atom stereocenters. The Morgan fingerprint density at radius 2 is 1.94 bits per heavy atom. The van der Waals surface area contributed by atoms with Crippen LogP contribution in [-0.4, -0.2) is 25.2 Å². The van der Waals surface area contributed by atoms with Crippen molar-refractivity contribution in [2.45, 2.75) is 57.0 Å². The number of hydrogen-bond donors (Lipinski definition) is 1. The Morgan fingerprint density at radius 3 is 2.76 bits per heavy atom. The Labute approximate surface area is 103 Å². The van der Waals surface area contributed by atoms with Gasteiger partial charge in [0.2, 0.25) is 0 Å². The molecule has 0 aromatic heterocycles. The number of nitrogens with one attached hydrogen (secondary N) is 1. The Kier molecular flexibility index (Phi) is 3.12. The van der Waals surface area contributed by atoms with Crippen LogP contribution in [0.4, 0.5) is 0 Å². The summed E-state index contributed by atoms with van der Waals surface area (Å²) in [5.41, 5.74) is 0. The highest BCUT2D eigenvalue weighted by Crippen LogP contribution is 2.47. The first-order valence-electron chi connectivity index (χ1n) is 7.13. The molecule has 1 N–H and O–H groups in total. The molecule has 17 heavy (non-hydrogen) atoms. The van der Waals surface area contributed by atoms with E-state index in [0.717, 1.165) is 24.2 Å². The van der Waals surface area contributed by atoms with Crippen LogP contribution in [0.25, 0.3) is 0 Å². The van der Waals surface area contributed by atoms with Gasteiger partial charge in [-0.15, -0.1) is 0 Å². The van der Waals surface area contributed by atoms with Gasteiger partial charge in [0.05, 0.1) is 7.11 Å². The van der Waals surface area contributed by atoms with Crippen molar-refractivity contribution in [3.05, 3.63) is 0 Å². The molecule has 2 aliphatic carbocycles. The first kappa shape index (κ1) is 11.5. The zero-order chi connectivity index (χ0) is 11.8. The number of carbonyl (C=O) groups is 1. The van der Waals surface area contributed by atoms with E-state index < -0.39 is 0 Å². The van der Waals surface area contributed by atoms with Crippen LogP contribution in [0, 0.1) is 17.8 Å². The molecule has 0 radical (unpaired) electrons. The lowest BCUT2D eigenvalue weighted by Gasteiger charge is -2.42. The maximum atomic E-state index is 11.6. The minimum absolute atomic E-state index is 0.0318. The molecular formula is C14H23NO2. The molecule has 3 aliphatic rings. The summed E-state index contributed by atoms with van der Waals surface area (Å²) >= 11 is 0. The van der Waals surface area contributed by atoms with E-state index in [9.17, 15) is 4.79 Å². The van der Waals surface area contributed by atoms with Crippen molar-refractivity contribution in [1.29, 1.82) is 0 Å². The average Bonchev–Trinajstić information content (AvgIpc) is 2.82. The average molecular weight is 237 g/mol. The molecule has 0 aromatic rings. The van der Waals surface area contributed by atoms with Crippen molar-refractivity contribution < 1.29 is 9.53 Å². The Bertz CT molecular complexity index is 305. The monoisotopic (exact) mass is 237 g/mol. The third-order valence-electron chi connectivity index (χ3n) is 5.29. The van der Waals surface area contributed by atoms with Gasteiger partial charge in [0.1, 0.15) is 6.04 Å². The van der Waals surface area contributed by atoms with Crippen LogP contribution in [0.15, 0.2) is 0 Å². The topological polar surface area (TPSA) is 38.3 Å². The largest absolute Gasteiger partial charge is 0.468 e. The summed E-state index contributed by atoms with van der Waals surface area (Å²) in [5.74, 6) is 2.50. The van der Waals surface area contributed by atoms with Crippen molar-refractivity contribution >= 4 is 5.97 Å². The van der Waals surface area contributed by atoms with Gasteiger partial charge in [-0.3, -0.25) is 4.79 Å². The molecule has 2 saturated carbocycles. The molecule has 3 nitrogen and oxygen atoms in total. The van der Waals surface area contributed by atoms with Crippen LogP contribution in [0.1, 0.15) is 44.9 Å². The summed E-state index contributed by atoms with van der Waals surface area (Å²) in [4.78, 5) is 11.6. The number of carbonyl (C=O) groups excluding carboxylic acids is 1. The third-order valence-corrected chi connectivity index (χ3v) is 5.29. The highest BCUT2D eigenvalue weighted by atomic mass is 16.5. The second-order valence-electron chi connectivity index (χ2n) is 6.03. The van der Waals surface area contributed by atoms with Gasteiger partial charge in [-0.2, -0.15) is 0 Å². The molecule has 1 aliphatic heterocycles. The number of ether oxygens (including phenoxy) is 1. The van der Waals surface area contributed by atoms with Gasteiger partial charge in [-0.05, 0) is 43.4 Å². The van der Waals surface area contributed by atoms with Gasteiger partial charge in [0.15, 0.2) is 0 Å². The molecule has 0 aromatic carbocycles. The van der Waals surface area contributed by atoms with E-state index in [4.69, 9.17) is 4.74 Å². The van der Waals surface area contributed by atoms with Crippen molar-refractivity contribution in [1.82, 2.24) is 5.32 Å². The van der Waals surface area contributed by atoms with Crippen LogP contribution < -0.4 is 5.32 Å². The molecule has 5 unspecified atom stereocenters. The Balaban J connectivity index is 1.71. The highest BCUT2D eigenvalue weighted by Gasteiger charge is 2.47. The summed E-state index contributed by atoms with van der Waals surface area (Å²) in [6.07, 6.45) is 9.28. The van der Waals surface area contributed by atoms with Crippen LogP contribution in [0.2, 0.25) is 0 Å². The third kappa shape index (κ3) is 1.99. The lowest BCUT2D eigenvalue weighted by Crippen LogP contribution is -2.42. The summed E-state index contributed by atoms with van der Waals surface area (Å²) in [5, 5.41) is 3.50. The molecule has 1 saturated heterocycles. The van der Waals surface area contributed by atoms with Crippen LogP contribution in [0.5, 0.6) is 0 Å². The molecule has 0 amide bonds. The SMILES string of the molecule is COC(=O)C1CC2C(CCC3CCCCC32)N1. The minimum atomic E-state index is -0.0632. The van der Waals surface area contributed by atoms with E-state index in [1.165, 1.54) is 45.6 Å². The Morgan fingerprint density at radius 1 is 1.12 bits per heavy atom. The first-order valence-corrected chi connectivity index (χ1v) is 7.13. The van der Waals surface area contributed by atoms with Gasteiger partial charge in [0, 0.05) is 6.04 Å². The van der Waals surface area contributed by atoms with Crippen molar-refractivity contribution in [2.75, 3.05) is 7.11 Å². The van der Waals surface area contributed by atoms with Gasteiger partial charge in [0.25, 0.3) is 0 Å². The standard InChI is InChI=1S/C14H23NO2/c1-17-14(16)13-8-11-10-5-3-2-4-9(10)6-7-12(11)15-13/h9-13,15H,2-8H2,1H3. The highest BCUT2D eigenvalue weighted by molar-refractivity contribution is 5.76. The maximum Gasteiger partial charge on any atom is 0.322 e. The van der Waals surface area contributed by atoms with Crippen LogP contribution in [0.3, 0.4) is 0 Å². The van der Waals surface area contributed by atoms with E-state index in [-0.39, 0.29) is 12.0 Å². The van der Waals surface area contributed by atoms with Crippen molar-refractivity contribution in [3.8, 4) is 0 Å². The fourth-order valence-electron chi connectivity index (χ4n) is 4.52. The fourth-order valence-corrected chi connectivity index (χ4v) is 4.52. The zero-order valence-corrected chi connectivity index (χ0v) is 10.7. The molecule has 3 fully saturated rings. The number of methoxy groups -OCH3 is 1. The van der Waals surface area contributed by atoms with Gasteiger partial charge in [-0.1, -0.05) is 19.3 Å². The molecule has 3 rings (SSSR count). The summed E-state index contributed by atoms with van der Waals surface area (Å²) in [6.45, 7) is 0. The molecule has 3 heteroatoms. The number of rotatable bonds is 1. The van der Waals surface area contributed by atoms with E-state index in [1.54, 1.807) is 0 Å². The quantitative estimate of drug-likeness (QED) is 0.710. The van der Waals surface area contributed by atoms with E-state index in [1.807, 2.05) is 0 Å². The molecule has 96 valence electrons. The molecule has 1 heterocycles. The maximum absolute atomic E-state index is 11.6. The first-order chi connectivity index (χ1) is 8.29. The van der Waals surface area contributed by atoms with Crippen molar-refractivity contribution in [2.24, 2.45) is 17.8 Å². The number of fused-ring (bicyclic) bond motifs is 3. The van der Waals surface area contributed by atoms with Gasteiger partial charge >= 0.3 is 5.97 Å². The van der Waals surface area contributed by atoms with E-state index in [2.05, 4.69) is 5.32 Å². The molecule has 0 bridgehead atoms. The van der Waals surface area contributed by atoms with E-state index in [0.29, 0.717) is 6.04 Å². The number of hydrogen-bond acceptors (Lipinski definition) is 3. The normalized spacial score (nSPS) is 44.9. The lowest BCUT2D eigenvalue weighted by atomic mass is 9.64. The summed E-state index contributed by atoms with van der Waals surface area (Å²) in [6, 6.07) is 0.550. The fraction of sp³-hybridized carbons (Fsp3) is 0.929. The smallest absolute Gasteiger partial charge is 0.322 e. The molecular weight excluding hydrogens is 214 g/mol. The lowest BCUT2D eigenvalue weighted by molar-refractivity contribution is -0.142. The number of esters is 1. The van der Waals surface area contributed by atoms with E-state index >= 15 is 0 Å². The van der Waals surface area contributed by atoms with Crippen molar-refractivity contribution in [3.63, 3.8) is 0 Å². The van der Waals surface area contributed by atoms with Gasteiger partial charge in [-0.25, -0.2) is 0 Å². The van der Waals surface area contributed by atoms with Gasteiger partial charge < -0.3 is 10.1 Å².